The minimum absolute atomic E-state index is 0.528. The van der Waals surface area contributed by atoms with E-state index in [1.54, 1.807) is 7.11 Å². The molecule has 0 bridgehead atoms. The van der Waals surface area contributed by atoms with Gasteiger partial charge in [0.1, 0.15) is 5.75 Å². The number of methoxy groups -OCH3 is 1. The summed E-state index contributed by atoms with van der Waals surface area (Å²) in [6.45, 7) is 2.12. The zero-order valence-corrected chi connectivity index (χ0v) is 12.8. The van der Waals surface area contributed by atoms with E-state index < -0.39 is 0 Å². The van der Waals surface area contributed by atoms with Crippen molar-refractivity contribution in [2.75, 3.05) is 12.8 Å². The second-order valence-electron chi connectivity index (χ2n) is 5.35. The van der Waals surface area contributed by atoms with E-state index in [0.717, 1.165) is 23.3 Å². The third-order valence-corrected chi connectivity index (χ3v) is 3.85. The summed E-state index contributed by atoms with van der Waals surface area (Å²) in [6.07, 6.45) is 2.70. The van der Waals surface area contributed by atoms with E-state index in [4.69, 9.17) is 10.5 Å². The van der Waals surface area contributed by atoms with Gasteiger partial charge in [0.05, 0.1) is 7.11 Å². The molecule has 1 heterocycles. The van der Waals surface area contributed by atoms with E-state index in [0.29, 0.717) is 5.82 Å². The molecule has 0 aliphatic carbocycles. The molecule has 0 saturated carbocycles. The molecule has 112 valence electrons. The van der Waals surface area contributed by atoms with Gasteiger partial charge in [0.2, 0.25) is 0 Å². The van der Waals surface area contributed by atoms with Crippen molar-refractivity contribution in [2.24, 2.45) is 0 Å². The van der Waals surface area contributed by atoms with Crippen molar-refractivity contribution in [1.82, 2.24) is 10.2 Å². The highest BCUT2D eigenvalue weighted by Gasteiger charge is 2.08. The number of aryl methyl sites for hydroxylation is 1. The van der Waals surface area contributed by atoms with Crippen molar-refractivity contribution in [1.29, 1.82) is 0 Å². The van der Waals surface area contributed by atoms with Gasteiger partial charge in [-0.15, -0.1) is 0 Å². The highest BCUT2D eigenvalue weighted by atomic mass is 16.5. The van der Waals surface area contributed by atoms with Gasteiger partial charge >= 0.3 is 0 Å². The summed E-state index contributed by atoms with van der Waals surface area (Å²) in [5, 5.41) is 6.77. The van der Waals surface area contributed by atoms with Crippen LogP contribution in [0, 0.1) is 6.92 Å². The second-order valence-corrected chi connectivity index (χ2v) is 5.35. The number of rotatable bonds is 4. The Morgan fingerprint density at radius 1 is 1.18 bits per heavy atom. The molecule has 1 aromatic heterocycles. The Labute approximate surface area is 129 Å². The lowest BCUT2D eigenvalue weighted by Gasteiger charge is -2.09. The van der Waals surface area contributed by atoms with Crippen LogP contribution in [0.5, 0.6) is 5.75 Å². The first-order valence-electron chi connectivity index (χ1n) is 7.19. The molecule has 0 radical (unpaired) electrons. The molecule has 3 N–H and O–H groups in total. The quantitative estimate of drug-likeness (QED) is 0.773. The number of nitrogens with two attached hydrogens (primary N) is 1. The van der Waals surface area contributed by atoms with Gasteiger partial charge in [-0.1, -0.05) is 30.3 Å². The average Bonchev–Trinajstić information content (AvgIpc) is 2.96. The van der Waals surface area contributed by atoms with E-state index in [2.05, 4.69) is 47.5 Å². The lowest BCUT2D eigenvalue weighted by atomic mass is 9.96. The number of aromatic amines is 1. The number of H-pyrrole nitrogens is 1. The minimum atomic E-state index is 0.528. The predicted octanol–water partition coefficient (Wildman–Crippen LogP) is 3.57. The van der Waals surface area contributed by atoms with E-state index in [1.165, 1.54) is 16.7 Å². The van der Waals surface area contributed by atoms with Crippen LogP contribution in [0.15, 0.2) is 48.7 Å². The van der Waals surface area contributed by atoms with Crippen LogP contribution >= 0.6 is 0 Å². The van der Waals surface area contributed by atoms with Crippen LogP contribution in [-0.4, -0.2) is 17.3 Å². The molecule has 0 aliphatic heterocycles. The van der Waals surface area contributed by atoms with E-state index in [1.807, 2.05) is 18.3 Å². The molecule has 3 aromatic rings. The molecule has 0 saturated heterocycles. The molecule has 0 atom stereocenters. The number of benzene rings is 2. The summed E-state index contributed by atoms with van der Waals surface area (Å²) < 4.78 is 5.28. The number of hydrogen-bond donors (Lipinski definition) is 2. The second kappa shape index (κ2) is 5.93. The Bertz CT molecular complexity index is 793. The fourth-order valence-corrected chi connectivity index (χ4v) is 2.60. The third-order valence-electron chi connectivity index (χ3n) is 3.85. The summed E-state index contributed by atoms with van der Waals surface area (Å²) in [7, 11) is 1.69. The monoisotopic (exact) mass is 293 g/mol. The Balaban J connectivity index is 1.88. The molecule has 0 fully saturated rings. The molecular formula is C18H19N3O. The molecule has 0 unspecified atom stereocenters. The molecule has 3 rings (SSSR count). The summed E-state index contributed by atoms with van der Waals surface area (Å²) in [5.74, 6) is 1.41. The number of ether oxygens (including phenoxy) is 1. The summed E-state index contributed by atoms with van der Waals surface area (Å²) in [4.78, 5) is 0. The topological polar surface area (TPSA) is 63.9 Å². The van der Waals surface area contributed by atoms with Crippen molar-refractivity contribution in [3.63, 3.8) is 0 Å². The van der Waals surface area contributed by atoms with Crippen LogP contribution in [0.1, 0.15) is 16.7 Å². The largest absolute Gasteiger partial charge is 0.497 e. The highest BCUT2D eigenvalue weighted by molar-refractivity contribution is 5.73. The van der Waals surface area contributed by atoms with Crippen LogP contribution in [0.25, 0.3) is 11.1 Å². The van der Waals surface area contributed by atoms with Crippen molar-refractivity contribution in [3.8, 4) is 16.9 Å². The van der Waals surface area contributed by atoms with Crippen LogP contribution < -0.4 is 10.5 Å². The third kappa shape index (κ3) is 2.81. The average molecular weight is 293 g/mol. The van der Waals surface area contributed by atoms with Crippen molar-refractivity contribution in [3.05, 3.63) is 65.4 Å². The summed E-state index contributed by atoms with van der Waals surface area (Å²) in [5.41, 5.74) is 11.6. The number of nitrogens with zero attached hydrogens (tertiary/aromatic N) is 1. The first-order valence-corrected chi connectivity index (χ1v) is 7.19. The van der Waals surface area contributed by atoms with Gasteiger partial charge in [0.25, 0.3) is 0 Å². The standard InChI is InChI=1S/C18H19N3O/c1-12-8-15(17-11-20-21-18(17)19)7-6-14(12)9-13-4-3-5-16(10-13)22-2/h3-8,10-11H,9H2,1-2H3,(H3,19,20,21). The molecule has 0 spiro atoms. The van der Waals surface area contributed by atoms with Gasteiger partial charge in [0.15, 0.2) is 5.82 Å². The number of hydrogen-bond acceptors (Lipinski definition) is 3. The van der Waals surface area contributed by atoms with Crippen molar-refractivity contribution >= 4 is 5.82 Å². The Morgan fingerprint density at radius 3 is 2.73 bits per heavy atom. The first-order chi connectivity index (χ1) is 10.7. The summed E-state index contributed by atoms with van der Waals surface area (Å²) in [6, 6.07) is 14.5. The van der Waals surface area contributed by atoms with Crippen molar-refractivity contribution < 1.29 is 4.74 Å². The first kappa shape index (κ1) is 14.2. The zero-order chi connectivity index (χ0) is 15.5. The smallest absolute Gasteiger partial charge is 0.153 e. The fraction of sp³-hybridized carbons (Fsp3) is 0.167. The number of anilines is 1. The molecule has 0 aliphatic rings. The van der Waals surface area contributed by atoms with Gasteiger partial charge in [-0.2, -0.15) is 5.10 Å². The maximum atomic E-state index is 5.86. The van der Waals surface area contributed by atoms with Crippen LogP contribution in [0.2, 0.25) is 0 Å². The Kier molecular flexibility index (Phi) is 3.83. The van der Waals surface area contributed by atoms with Gasteiger partial charge < -0.3 is 10.5 Å². The number of nitrogens with one attached hydrogen (secondary N) is 1. The molecule has 2 aromatic carbocycles. The number of aromatic nitrogens is 2. The number of nitrogen functional groups attached to an aromatic ring is 1. The molecule has 0 amide bonds. The lowest BCUT2D eigenvalue weighted by molar-refractivity contribution is 0.414. The zero-order valence-electron chi connectivity index (χ0n) is 12.8. The fourth-order valence-electron chi connectivity index (χ4n) is 2.60. The van der Waals surface area contributed by atoms with Gasteiger partial charge in [-0.25, -0.2) is 0 Å². The van der Waals surface area contributed by atoms with E-state index >= 15 is 0 Å². The lowest BCUT2D eigenvalue weighted by Crippen LogP contribution is -1.94. The SMILES string of the molecule is COc1cccc(Cc2ccc(-c3c[nH]nc3N)cc2C)c1. The van der Waals surface area contributed by atoms with Gasteiger partial charge in [-0.05, 0) is 47.7 Å². The predicted molar refractivity (Wildman–Crippen MR) is 89.0 cm³/mol. The summed E-state index contributed by atoms with van der Waals surface area (Å²) >= 11 is 0. The Hall–Kier alpha value is -2.75. The Morgan fingerprint density at radius 2 is 2.05 bits per heavy atom. The van der Waals surface area contributed by atoms with E-state index in [9.17, 15) is 0 Å². The normalized spacial score (nSPS) is 10.6. The van der Waals surface area contributed by atoms with Crippen LogP contribution in [0.4, 0.5) is 5.82 Å². The highest BCUT2D eigenvalue weighted by Crippen LogP contribution is 2.27. The van der Waals surface area contributed by atoms with Gasteiger partial charge in [0, 0.05) is 11.8 Å². The maximum Gasteiger partial charge on any atom is 0.153 e. The molecular weight excluding hydrogens is 274 g/mol. The molecule has 4 heteroatoms. The van der Waals surface area contributed by atoms with Gasteiger partial charge in [-0.3, -0.25) is 5.10 Å². The van der Waals surface area contributed by atoms with Crippen molar-refractivity contribution in [2.45, 2.75) is 13.3 Å². The maximum absolute atomic E-state index is 5.86. The minimum Gasteiger partial charge on any atom is -0.497 e. The molecule has 22 heavy (non-hydrogen) atoms. The molecule has 4 nitrogen and oxygen atoms in total. The van der Waals surface area contributed by atoms with Crippen LogP contribution in [0.3, 0.4) is 0 Å². The van der Waals surface area contributed by atoms with Crippen LogP contribution in [-0.2, 0) is 6.42 Å². The van der Waals surface area contributed by atoms with E-state index in [-0.39, 0.29) is 0 Å².